The van der Waals surface area contributed by atoms with Gasteiger partial charge in [-0.3, -0.25) is 9.59 Å². The molecule has 1 aliphatic heterocycles. The summed E-state index contributed by atoms with van der Waals surface area (Å²) in [5, 5.41) is 0. The second-order valence-corrected chi connectivity index (χ2v) is 6.90. The molecule has 1 fully saturated rings. The smallest absolute Gasteiger partial charge is 0.314 e. The van der Waals surface area contributed by atoms with Crippen LogP contribution >= 0.6 is 0 Å². The van der Waals surface area contributed by atoms with Crippen LogP contribution in [0.3, 0.4) is 0 Å². The highest BCUT2D eigenvalue weighted by molar-refractivity contribution is 5.76. The van der Waals surface area contributed by atoms with E-state index in [1.807, 2.05) is 0 Å². The van der Waals surface area contributed by atoms with Crippen molar-refractivity contribution >= 4 is 11.9 Å². The Labute approximate surface area is 121 Å². The fraction of sp³-hybridized carbons (Fsp3) is 0.867. The van der Waals surface area contributed by atoms with Crippen molar-refractivity contribution in [2.45, 2.75) is 41.0 Å². The van der Waals surface area contributed by atoms with Crippen molar-refractivity contribution < 1.29 is 19.1 Å². The molecule has 0 N–H and O–H groups in total. The molecular formula is C15H27NO4. The van der Waals surface area contributed by atoms with Gasteiger partial charge in [0.15, 0.2) is 0 Å². The summed E-state index contributed by atoms with van der Waals surface area (Å²) in [5.41, 5.74) is -0.576. The molecule has 0 spiro atoms. The summed E-state index contributed by atoms with van der Waals surface area (Å²) >= 11 is 0. The molecule has 0 amide bonds. The minimum Gasteiger partial charge on any atom is -0.428 e. The molecular weight excluding hydrogens is 258 g/mol. The van der Waals surface area contributed by atoms with Gasteiger partial charge in [0.05, 0.1) is 11.3 Å². The van der Waals surface area contributed by atoms with E-state index in [2.05, 4.69) is 18.7 Å². The van der Waals surface area contributed by atoms with E-state index in [0.29, 0.717) is 5.92 Å². The van der Waals surface area contributed by atoms with Gasteiger partial charge in [-0.25, -0.2) is 0 Å². The number of hydrogen-bond donors (Lipinski definition) is 0. The van der Waals surface area contributed by atoms with Gasteiger partial charge in [0.2, 0.25) is 6.79 Å². The van der Waals surface area contributed by atoms with Gasteiger partial charge in [-0.1, -0.05) is 13.8 Å². The molecule has 1 rings (SSSR count). The third-order valence-electron chi connectivity index (χ3n) is 3.23. The second-order valence-electron chi connectivity index (χ2n) is 6.90. The second kappa shape index (κ2) is 7.07. The van der Waals surface area contributed by atoms with E-state index < -0.39 is 5.41 Å². The first-order valence-electron chi connectivity index (χ1n) is 7.26. The van der Waals surface area contributed by atoms with Crippen LogP contribution in [-0.2, 0) is 19.1 Å². The van der Waals surface area contributed by atoms with Crippen LogP contribution in [0.4, 0.5) is 0 Å². The van der Waals surface area contributed by atoms with Gasteiger partial charge in [-0.2, -0.15) is 0 Å². The Hall–Kier alpha value is -1.10. The van der Waals surface area contributed by atoms with E-state index in [4.69, 9.17) is 9.47 Å². The van der Waals surface area contributed by atoms with Crippen molar-refractivity contribution in [2.24, 2.45) is 17.3 Å². The Morgan fingerprint density at radius 3 is 2.45 bits per heavy atom. The van der Waals surface area contributed by atoms with Gasteiger partial charge in [-0.05, 0) is 39.7 Å². The molecule has 0 aliphatic carbocycles. The molecule has 5 nitrogen and oxygen atoms in total. The SMILES string of the molecule is CC(C)CN1CCC(C(=O)OCOC(=O)C(C)(C)C)C1. The van der Waals surface area contributed by atoms with Crippen LogP contribution in [0.2, 0.25) is 0 Å². The van der Waals surface area contributed by atoms with Crippen LogP contribution in [-0.4, -0.2) is 43.3 Å². The van der Waals surface area contributed by atoms with Gasteiger partial charge in [0.25, 0.3) is 0 Å². The van der Waals surface area contributed by atoms with Crippen molar-refractivity contribution in [3.63, 3.8) is 0 Å². The van der Waals surface area contributed by atoms with Crippen molar-refractivity contribution in [1.82, 2.24) is 4.90 Å². The molecule has 1 heterocycles. The largest absolute Gasteiger partial charge is 0.428 e. The van der Waals surface area contributed by atoms with Gasteiger partial charge in [0.1, 0.15) is 0 Å². The van der Waals surface area contributed by atoms with Gasteiger partial charge < -0.3 is 14.4 Å². The summed E-state index contributed by atoms with van der Waals surface area (Å²) in [6.45, 7) is 12.0. The van der Waals surface area contributed by atoms with Crippen LogP contribution in [0.15, 0.2) is 0 Å². The van der Waals surface area contributed by atoms with E-state index in [1.165, 1.54) is 0 Å². The van der Waals surface area contributed by atoms with Crippen LogP contribution in [0.1, 0.15) is 41.0 Å². The van der Waals surface area contributed by atoms with Gasteiger partial charge >= 0.3 is 11.9 Å². The Bertz CT molecular complexity index is 346. The fourth-order valence-corrected chi connectivity index (χ4v) is 2.18. The molecule has 116 valence electrons. The average Bonchev–Trinajstić information content (AvgIpc) is 2.75. The summed E-state index contributed by atoms with van der Waals surface area (Å²) in [4.78, 5) is 25.7. The number of likely N-dealkylation sites (tertiary alicyclic amines) is 1. The fourth-order valence-electron chi connectivity index (χ4n) is 2.18. The van der Waals surface area contributed by atoms with E-state index in [0.717, 1.165) is 26.1 Å². The summed E-state index contributed by atoms with van der Waals surface area (Å²) in [6, 6.07) is 0. The first kappa shape index (κ1) is 17.0. The number of ether oxygens (including phenoxy) is 2. The maximum Gasteiger partial charge on any atom is 0.314 e. The lowest BCUT2D eigenvalue weighted by atomic mass is 9.98. The Kier molecular flexibility index (Phi) is 5.99. The highest BCUT2D eigenvalue weighted by Gasteiger charge is 2.30. The third kappa shape index (κ3) is 5.49. The third-order valence-corrected chi connectivity index (χ3v) is 3.23. The molecule has 0 saturated carbocycles. The number of esters is 2. The maximum atomic E-state index is 11.9. The molecule has 0 aromatic carbocycles. The first-order valence-corrected chi connectivity index (χ1v) is 7.26. The molecule has 0 aromatic heterocycles. The van der Waals surface area contributed by atoms with Crippen molar-refractivity contribution in [3.05, 3.63) is 0 Å². The minimum absolute atomic E-state index is 0.0953. The zero-order chi connectivity index (χ0) is 15.3. The van der Waals surface area contributed by atoms with Crippen LogP contribution in [0.25, 0.3) is 0 Å². The van der Waals surface area contributed by atoms with E-state index >= 15 is 0 Å². The number of hydrogen-bond acceptors (Lipinski definition) is 5. The lowest BCUT2D eigenvalue weighted by Gasteiger charge is -2.18. The van der Waals surface area contributed by atoms with Crippen LogP contribution in [0.5, 0.6) is 0 Å². The van der Waals surface area contributed by atoms with Gasteiger partial charge in [-0.15, -0.1) is 0 Å². The predicted molar refractivity (Wildman–Crippen MR) is 75.9 cm³/mol. The topological polar surface area (TPSA) is 55.8 Å². The van der Waals surface area contributed by atoms with Gasteiger partial charge in [0, 0.05) is 13.1 Å². The molecule has 1 unspecified atom stereocenters. The Balaban J connectivity index is 2.26. The minimum atomic E-state index is -0.576. The summed E-state index contributed by atoms with van der Waals surface area (Å²) in [6.07, 6.45) is 0.818. The monoisotopic (exact) mass is 285 g/mol. The molecule has 20 heavy (non-hydrogen) atoms. The lowest BCUT2D eigenvalue weighted by Crippen LogP contribution is -2.29. The van der Waals surface area contributed by atoms with E-state index in [-0.39, 0.29) is 24.6 Å². The molecule has 0 bridgehead atoms. The van der Waals surface area contributed by atoms with E-state index in [1.54, 1.807) is 20.8 Å². The standard InChI is InChI=1S/C15H27NO4/c1-11(2)8-16-7-6-12(9-16)13(17)19-10-20-14(18)15(3,4)5/h11-12H,6-10H2,1-5H3. The average molecular weight is 285 g/mol. The highest BCUT2D eigenvalue weighted by Crippen LogP contribution is 2.19. The number of rotatable bonds is 5. The molecule has 1 aliphatic rings. The van der Waals surface area contributed by atoms with Crippen molar-refractivity contribution in [3.8, 4) is 0 Å². The molecule has 1 saturated heterocycles. The first-order chi connectivity index (χ1) is 9.20. The quantitative estimate of drug-likeness (QED) is 0.571. The van der Waals surface area contributed by atoms with E-state index in [9.17, 15) is 9.59 Å². The summed E-state index contributed by atoms with van der Waals surface area (Å²) in [7, 11) is 0. The Morgan fingerprint density at radius 1 is 1.25 bits per heavy atom. The molecule has 5 heteroatoms. The molecule has 1 atom stereocenters. The molecule has 0 aromatic rings. The predicted octanol–water partition coefficient (Wildman–Crippen LogP) is 2.05. The maximum absolute atomic E-state index is 11.9. The number of nitrogens with zero attached hydrogens (tertiary/aromatic N) is 1. The highest BCUT2D eigenvalue weighted by atomic mass is 16.7. The zero-order valence-electron chi connectivity index (χ0n) is 13.3. The summed E-state index contributed by atoms with van der Waals surface area (Å²) in [5.74, 6) is -0.129. The van der Waals surface area contributed by atoms with Crippen molar-refractivity contribution in [2.75, 3.05) is 26.4 Å². The number of carbonyl (C=O) groups is 2. The van der Waals surface area contributed by atoms with Crippen LogP contribution < -0.4 is 0 Å². The number of carbonyl (C=O) groups excluding carboxylic acids is 2. The Morgan fingerprint density at radius 2 is 1.90 bits per heavy atom. The summed E-state index contributed by atoms with van der Waals surface area (Å²) < 4.78 is 9.97. The lowest BCUT2D eigenvalue weighted by molar-refractivity contribution is -0.175. The van der Waals surface area contributed by atoms with Crippen LogP contribution in [0, 0.1) is 17.3 Å². The van der Waals surface area contributed by atoms with Crippen molar-refractivity contribution in [1.29, 1.82) is 0 Å². The molecule has 0 radical (unpaired) electrons. The zero-order valence-corrected chi connectivity index (χ0v) is 13.3. The normalized spacial score (nSPS) is 20.2.